The van der Waals surface area contributed by atoms with Crippen LogP contribution >= 0.6 is 27.3 Å². The SMILES string of the molecule is CC(Nc1ccc2sccc2c1)c1ccc(F)c(Br)c1. The van der Waals surface area contributed by atoms with Gasteiger partial charge < -0.3 is 5.32 Å². The molecule has 0 amide bonds. The van der Waals surface area contributed by atoms with Gasteiger partial charge in [-0.25, -0.2) is 4.39 Å². The first-order chi connectivity index (χ1) is 9.63. The minimum absolute atomic E-state index is 0.114. The van der Waals surface area contributed by atoms with Gasteiger partial charge in [-0.05, 0) is 75.6 Å². The number of hydrogen-bond donors (Lipinski definition) is 1. The van der Waals surface area contributed by atoms with Crippen molar-refractivity contribution in [1.82, 2.24) is 0 Å². The number of halogens is 2. The van der Waals surface area contributed by atoms with Gasteiger partial charge in [0.1, 0.15) is 5.82 Å². The molecule has 4 heteroatoms. The van der Waals surface area contributed by atoms with E-state index in [1.807, 2.05) is 6.07 Å². The average Bonchev–Trinajstić information content (AvgIpc) is 2.89. The van der Waals surface area contributed by atoms with Crippen molar-refractivity contribution in [2.45, 2.75) is 13.0 Å². The molecule has 0 aliphatic carbocycles. The molecule has 1 aromatic heterocycles. The number of thiophene rings is 1. The molecule has 102 valence electrons. The van der Waals surface area contributed by atoms with Crippen LogP contribution in [0.1, 0.15) is 18.5 Å². The van der Waals surface area contributed by atoms with Crippen molar-refractivity contribution in [1.29, 1.82) is 0 Å². The first-order valence-electron chi connectivity index (χ1n) is 6.32. The summed E-state index contributed by atoms with van der Waals surface area (Å²) in [6.07, 6.45) is 0. The maximum absolute atomic E-state index is 13.3. The van der Waals surface area contributed by atoms with Crippen molar-refractivity contribution in [3.05, 3.63) is 63.7 Å². The van der Waals surface area contributed by atoms with Crippen molar-refractivity contribution in [2.24, 2.45) is 0 Å². The topological polar surface area (TPSA) is 12.0 Å². The fourth-order valence-corrected chi connectivity index (χ4v) is 3.34. The molecule has 0 spiro atoms. The Morgan fingerprint density at radius 2 is 2.00 bits per heavy atom. The van der Waals surface area contributed by atoms with E-state index >= 15 is 0 Å². The molecule has 1 unspecified atom stereocenters. The molecule has 3 aromatic rings. The summed E-state index contributed by atoms with van der Waals surface area (Å²) in [7, 11) is 0. The summed E-state index contributed by atoms with van der Waals surface area (Å²) in [5.41, 5.74) is 2.12. The molecule has 0 aliphatic rings. The van der Waals surface area contributed by atoms with Crippen molar-refractivity contribution < 1.29 is 4.39 Å². The molecule has 1 nitrogen and oxygen atoms in total. The van der Waals surface area contributed by atoms with E-state index in [0.29, 0.717) is 4.47 Å². The molecule has 0 radical (unpaired) electrons. The van der Waals surface area contributed by atoms with Crippen LogP contribution in [0.25, 0.3) is 10.1 Å². The second kappa shape index (κ2) is 5.54. The molecule has 0 saturated heterocycles. The van der Waals surface area contributed by atoms with Crippen LogP contribution in [-0.2, 0) is 0 Å². The number of rotatable bonds is 3. The highest BCUT2D eigenvalue weighted by Gasteiger charge is 2.08. The molecule has 3 rings (SSSR count). The Bertz CT molecular complexity index is 753. The molecule has 20 heavy (non-hydrogen) atoms. The molecule has 0 fully saturated rings. The van der Waals surface area contributed by atoms with Crippen LogP contribution < -0.4 is 5.32 Å². The van der Waals surface area contributed by atoms with E-state index in [4.69, 9.17) is 0 Å². The van der Waals surface area contributed by atoms with Gasteiger partial charge in [-0.2, -0.15) is 0 Å². The largest absolute Gasteiger partial charge is 0.379 e. The molecule has 2 aromatic carbocycles. The number of benzene rings is 2. The summed E-state index contributed by atoms with van der Waals surface area (Å²) in [6, 6.07) is 13.7. The number of nitrogens with one attached hydrogen (secondary N) is 1. The lowest BCUT2D eigenvalue weighted by Crippen LogP contribution is -2.06. The van der Waals surface area contributed by atoms with Crippen LogP contribution in [0.5, 0.6) is 0 Å². The van der Waals surface area contributed by atoms with Gasteiger partial charge in [0, 0.05) is 16.4 Å². The van der Waals surface area contributed by atoms with Gasteiger partial charge in [-0.1, -0.05) is 6.07 Å². The van der Waals surface area contributed by atoms with Crippen LogP contribution in [0.4, 0.5) is 10.1 Å². The van der Waals surface area contributed by atoms with E-state index in [0.717, 1.165) is 11.3 Å². The zero-order chi connectivity index (χ0) is 14.1. The maximum Gasteiger partial charge on any atom is 0.137 e. The van der Waals surface area contributed by atoms with Crippen LogP contribution in [-0.4, -0.2) is 0 Å². The minimum Gasteiger partial charge on any atom is -0.379 e. The van der Waals surface area contributed by atoms with Crippen molar-refractivity contribution in [3.8, 4) is 0 Å². The van der Waals surface area contributed by atoms with Gasteiger partial charge in [0.25, 0.3) is 0 Å². The Morgan fingerprint density at radius 3 is 2.80 bits per heavy atom. The standard InChI is InChI=1S/C16H13BrFNS/c1-10(11-2-4-15(18)14(17)9-11)19-13-3-5-16-12(8-13)6-7-20-16/h2-10,19H,1H3. The maximum atomic E-state index is 13.3. The van der Waals surface area contributed by atoms with Gasteiger partial charge in [-0.15, -0.1) is 11.3 Å². The lowest BCUT2D eigenvalue weighted by molar-refractivity contribution is 0.619. The van der Waals surface area contributed by atoms with Gasteiger partial charge in [0.2, 0.25) is 0 Å². The summed E-state index contributed by atoms with van der Waals surface area (Å²) in [6.45, 7) is 2.07. The minimum atomic E-state index is -0.236. The monoisotopic (exact) mass is 349 g/mol. The van der Waals surface area contributed by atoms with Crippen LogP contribution in [0.2, 0.25) is 0 Å². The summed E-state index contributed by atoms with van der Waals surface area (Å²) >= 11 is 4.96. The van der Waals surface area contributed by atoms with Gasteiger partial charge in [0.05, 0.1) is 4.47 Å². The highest BCUT2D eigenvalue weighted by atomic mass is 79.9. The third kappa shape index (κ3) is 2.72. The van der Waals surface area contributed by atoms with E-state index in [2.05, 4.69) is 57.8 Å². The van der Waals surface area contributed by atoms with Crippen molar-refractivity contribution >= 4 is 43.0 Å². The zero-order valence-electron chi connectivity index (χ0n) is 10.9. The number of fused-ring (bicyclic) bond motifs is 1. The van der Waals surface area contributed by atoms with E-state index in [9.17, 15) is 4.39 Å². The third-order valence-corrected chi connectivity index (χ3v) is 4.78. The van der Waals surface area contributed by atoms with Crippen molar-refractivity contribution in [3.63, 3.8) is 0 Å². The Hall–Kier alpha value is -1.39. The van der Waals surface area contributed by atoms with Crippen LogP contribution in [0, 0.1) is 5.82 Å². The van der Waals surface area contributed by atoms with E-state index in [1.165, 1.54) is 16.2 Å². The predicted molar refractivity (Wildman–Crippen MR) is 88.0 cm³/mol. The molecule has 0 bridgehead atoms. The zero-order valence-corrected chi connectivity index (χ0v) is 13.3. The first kappa shape index (κ1) is 13.6. The van der Waals surface area contributed by atoms with Gasteiger partial charge >= 0.3 is 0 Å². The van der Waals surface area contributed by atoms with Crippen LogP contribution in [0.3, 0.4) is 0 Å². The van der Waals surface area contributed by atoms with Gasteiger partial charge in [0.15, 0.2) is 0 Å². The quantitative estimate of drug-likeness (QED) is 0.613. The molecule has 1 atom stereocenters. The molecule has 0 aliphatic heterocycles. The average molecular weight is 350 g/mol. The lowest BCUT2D eigenvalue weighted by atomic mass is 10.1. The Labute approximate surface area is 129 Å². The summed E-state index contributed by atoms with van der Waals surface area (Å²) in [5, 5.41) is 6.78. The third-order valence-electron chi connectivity index (χ3n) is 3.28. The normalized spacial score (nSPS) is 12.6. The Morgan fingerprint density at radius 1 is 1.15 bits per heavy atom. The summed E-state index contributed by atoms with van der Waals surface area (Å²) < 4.78 is 15.0. The second-order valence-electron chi connectivity index (χ2n) is 4.71. The molecule has 1 heterocycles. The van der Waals surface area contributed by atoms with E-state index < -0.39 is 0 Å². The number of anilines is 1. The van der Waals surface area contributed by atoms with Gasteiger partial charge in [-0.3, -0.25) is 0 Å². The molecule has 0 saturated carbocycles. The Kier molecular flexibility index (Phi) is 3.76. The number of hydrogen-bond acceptors (Lipinski definition) is 2. The second-order valence-corrected chi connectivity index (χ2v) is 6.51. The summed E-state index contributed by atoms with van der Waals surface area (Å²) in [4.78, 5) is 0. The molecular formula is C16H13BrFNS. The van der Waals surface area contributed by atoms with Crippen molar-refractivity contribution in [2.75, 3.05) is 5.32 Å². The molecular weight excluding hydrogens is 337 g/mol. The van der Waals surface area contributed by atoms with E-state index in [1.54, 1.807) is 17.4 Å². The highest BCUT2D eigenvalue weighted by Crippen LogP contribution is 2.27. The highest BCUT2D eigenvalue weighted by molar-refractivity contribution is 9.10. The molecule has 1 N–H and O–H groups in total. The fourth-order valence-electron chi connectivity index (χ4n) is 2.17. The predicted octanol–water partition coefficient (Wildman–Crippen LogP) is 5.98. The Balaban J connectivity index is 1.83. The fraction of sp³-hybridized carbons (Fsp3) is 0.125. The summed E-state index contributed by atoms with van der Waals surface area (Å²) in [5.74, 6) is -0.236. The smallest absolute Gasteiger partial charge is 0.137 e. The lowest BCUT2D eigenvalue weighted by Gasteiger charge is -2.16. The first-order valence-corrected chi connectivity index (χ1v) is 7.99. The van der Waals surface area contributed by atoms with Crippen LogP contribution in [0.15, 0.2) is 52.3 Å². The van der Waals surface area contributed by atoms with E-state index in [-0.39, 0.29) is 11.9 Å².